The first-order valence-electron chi connectivity index (χ1n) is 4.04. The Labute approximate surface area is 81.8 Å². The van der Waals surface area contributed by atoms with Gasteiger partial charge in [0, 0.05) is 0 Å². The predicted molar refractivity (Wildman–Crippen MR) is 52.2 cm³/mol. The summed E-state index contributed by atoms with van der Waals surface area (Å²) in [5, 5.41) is 1.87. The summed E-state index contributed by atoms with van der Waals surface area (Å²) in [6.07, 6.45) is 4.07. The quantitative estimate of drug-likeness (QED) is 0.384. The number of thioether (sulfide) groups is 1. The van der Waals surface area contributed by atoms with Gasteiger partial charge in [-0.1, -0.05) is 12.7 Å². The zero-order valence-electron chi connectivity index (χ0n) is 7.27. The molecule has 0 bridgehead atoms. The molecular formula is C9H12O3S. The number of hydrogen-bond acceptors (Lipinski definition) is 4. The number of carbonyl (C=O) groups excluding carboxylic acids is 1. The molecule has 0 saturated heterocycles. The molecule has 0 saturated carbocycles. The topological polar surface area (TPSA) is 35.5 Å². The molecule has 1 unspecified atom stereocenters. The fourth-order valence-electron chi connectivity index (χ4n) is 0.904. The van der Waals surface area contributed by atoms with Gasteiger partial charge < -0.3 is 9.47 Å². The van der Waals surface area contributed by atoms with Gasteiger partial charge in [0.2, 0.25) is 0 Å². The zero-order valence-corrected chi connectivity index (χ0v) is 8.09. The van der Waals surface area contributed by atoms with Crippen LogP contribution in [-0.2, 0) is 14.3 Å². The number of allylic oxidation sites excluding steroid dienone is 1. The molecule has 1 atom stereocenters. The van der Waals surface area contributed by atoms with E-state index < -0.39 is 0 Å². The molecule has 0 N–H and O–H groups in total. The van der Waals surface area contributed by atoms with Crippen molar-refractivity contribution in [1.29, 1.82) is 0 Å². The summed E-state index contributed by atoms with van der Waals surface area (Å²) < 4.78 is 9.77. The minimum absolute atomic E-state index is 0.0521. The van der Waals surface area contributed by atoms with E-state index in [1.165, 1.54) is 18.0 Å². The van der Waals surface area contributed by atoms with Crippen LogP contribution in [0.1, 0.15) is 6.42 Å². The molecule has 4 heteroatoms. The van der Waals surface area contributed by atoms with Crippen molar-refractivity contribution >= 4 is 17.7 Å². The molecule has 1 aliphatic rings. The maximum absolute atomic E-state index is 11.2. The summed E-state index contributed by atoms with van der Waals surface area (Å²) in [5.41, 5.74) is 0. The second-order valence-corrected chi connectivity index (χ2v) is 3.55. The SMILES string of the molecule is C=COCCOC(=O)C1CC=CS1. The Morgan fingerprint density at radius 1 is 1.69 bits per heavy atom. The molecule has 0 aromatic rings. The average molecular weight is 200 g/mol. The Morgan fingerprint density at radius 3 is 3.15 bits per heavy atom. The van der Waals surface area contributed by atoms with E-state index in [4.69, 9.17) is 9.47 Å². The molecule has 13 heavy (non-hydrogen) atoms. The Kier molecular flexibility index (Phi) is 4.46. The molecule has 1 aliphatic heterocycles. The van der Waals surface area contributed by atoms with Crippen LogP contribution in [0.4, 0.5) is 0 Å². The molecule has 3 nitrogen and oxygen atoms in total. The van der Waals surface area contributed by atoms with Crippen LogP contribution in [0.5, 0.6) is 0 Å². The molecule has 1 heterocycles. The third-order valence-electron chi connectivity index (χ3n) is 1.52. The Hall–Kier alpha value is -0.900. The highest BCUT2D eigenvalue weighted by molar-refractivity contribution is 8.03. The standard InChI is InChI=1S/C9H12O3S/c1-2-11-5-6-12-9(10)8-4-3-7-13-8/h2-3,7-8H,1,4-6H2. The molecule has 0 aromatic heterocycles. The van der Waals surface area contributed by atoms with Crippen molar-refractivity contribution in [3.63, 3.8) is 0 Å². The lowest BCUT2D eigenvalue weighted by atomic mass is 10.3. The number of hydrogen-bond donors (Lipinski definition) is 0. The van der Waals surface area contributed by atoms with Gasteiger partial charge in [-0.05, 0) is 11.8 Å². The van der Waals surface area contributed by atoms with Crippen molar-refractivity contribution in [2.45, 2.75) is 11.7 Å². The van der Waals surface area contributed by atoms with E-state index in [0.29, 0.717) is 13.2 Å². The number of ether oxygens (including phenoxy) is 2. The van der Waals surface area contributed by atoms with Crippen LogP contribution in [0.2, 0.25) is 0 Å². The first kappa shape index (κ1) is 10.2. The second-order valence-electron chi connectivity index (χ2n) is 2.44. The van der Waals surface area contributed by atoms with Crippen LogP contribution in [0.25, 0.3) is 0 Å². The second kappa shape index (κ2) is 5.70. The molecule has 0 aromatic carbocycles. The first-order valence-corrected chi connectivity index (χ1v) is 4.98. The van der Waals surface area contributed by atoms with Gasteiger partial charge in [-0.15, -0.1) is 11.8 Å². The average Bonchev–Trinajstić information content (AvgIpc) is 2.65. The van der Waals surface area contributed by atoms with Crippen molar-refractivity contribution in [3.8, 4) is 0 Å². The van der Waals surface area contributed by atoms with Crippen LogP contribution in [0.3, 0.4) is 0 Å². The van der Waals surface area contributed by atoms with Gasteiger partial charge >= 0.3 is 5.97 Å². The molecule has 72 valence electrons. The highest BCUT2D eigenvalue weighted by Gasteiger charge is 2.21. The van der Waals surface area contributed by atoms with Crippen molar-refractivity contribution in [1.82, 2.24) is 0 Å². The van der Waals surface area contributed by atoms with Crippen molar-refractivity contribution < 1.29 is 14.3 Å². The molecule has 0 fully saturated rings. The Bertz CT molecular complexity index is 205. The highest BCUT2D eigenvalue weighted by Crippen LogP contribution is 2.24. The minimum Gasteiger partial charge on any atom is -0.498 e. The van der Waals surface area contributed by atoms with Crippen LogP contribution < -0.4 is 0 Å². The lowest BCUT2D eigenvalue weighted by Crippen LogP contribution is -2.19. The van der Waals surface area contributed by atoms with E-state index in [2.05, 4.69) is 6.58 Å². The summed E-state index contributed by atoms with van der Waals surface area (Å²) in [7, 11) is 0. The smallest absolute Gasteiger partial charge is 0.319 e. The van der Waals surface area contributed by atoms with Crippen LogP contribution in [-0.4, -0.2) is 24.4 Å². The number of esters is 1. The van der Waals surface area contributed by atoms with E-state index in [-0.39, 0.29) is 11.2 Å². The fraction of sp³-hybridized carbons (Fsp3) is 0.444. The van der Waals surface area contributed by atoms with E-state index in [0.717, 1.165) is 6.42 Å². The molecule has 0 amide bonds. The summed E-state index contributed by atoms with van der Waals surface area (Å²) in [6.45, 7) is 4.05. The fourth-order valence-corrected chi connectivity index (χ4v) is 1.72. The molecular weight excluding hydrogens is 188 g/mol. The third-order valence-corrected chi connectivity index (χ3v) is 2.58. The van der Waals surface area contributed by atoms with Gasteiger partial charge in [0.05, 0.1) is 6.26 Å². The molecule has 0 spiro atoms. The van der Waals surface area contributed by atoms with E-state index in [9.17, 15) is 4.79 Å². The van der Waals surface area contributed by atoms with Crippen LogP contribution in [0, 0.1) is 0 Å². The van der Waals surface area contributed by atoms with Gasteiger partial charge in [0.25, 0.3) is 0 Å². The zero-order chi connectivity index (χ0) is 9.52. The highest BCUT2D eigenvalue weighted by atomic mass is 32.2. The lowest BCUT2D eigenvalue weighted by molar-refractivity contribution is -0.143. The van der Waals surface area contributed by atoms with Crippen LogP contribution in [0.15, 0.2) is 24.3 Å². The lowest BCUT2D eigenvalue weighted by Gasteiger charge is -2.08. The molecule has 0 radical (unpaired) electrons. The molecule has 1 rings (SSSR count). The summed E-state index contributed by atoms with van der Waals surface area (Å²) in [4.78, 5) is 11.2. The van der Waals surface area contributed by atoms with Gasteiger partial charge in [0.15, 0.2) is 0 Å². The summed E-state index contributed by atoms with van der Waals surface area (Å²) >= 11 is 1.50. The first-order chi connectivity index (χ1) is 6.34. The summed E-state index contributed by atoms with van der Waals surface area (Å²) in [5.74, 6) is -0.164. The van der Waals surface area contributed by atoms with Gasteiger partial charge in [-0.2, -0.15) is 0 Å². The minimum atomic E-state index is -0.164. The van der Waals surface area contributed by atoms with Crippen molar-refractivity contribution in [2.75, 3.05) is 13.2 Å². The predicted octanol–water partition coefficient (Wildman–Crippen LogP) is 1.71. The van der Waals surface area contributed by atoms with Gasteiger partial charge in [-0.25, -0.2) is 0 Å². The Morgan fingerprint density at radius 2 is 2.54 bits per heavy atom. The largest absolute Gasteiger partial charge is 0.498 e. The van der Waals surface area contributed by atoms with Gasteiger partial charge in [0.1, 0.15) is 18.5 Å². The maximum atomic E-state index is 11.2. The number of carbonyl (C=O) groups is 1. The molecule has 0 aliphatic carbocycles. The van der Waals surface area contributed by atoms with E-state index in [1.54, 1.807) is 0 Å². The summed E-state index contributed by atoms with van der Waals surface area (Å²) in [6, 6.07) is 0. The normalized spacial score (nSPS) is 19.8. The van der Waals surface area contributed by atoms with E-state index in [1.807, 2.05) is 11.5 Å². The van der Waals surface area contributed by atoms with Crippen molar-refractivity contribution in [2.24, 2.45) is 0 Å². The van der Waals surface area contributed by atoms with Crippen molar-refractivity contribution in [3.05, 3.63) is 24.3 Å². The number of rotatable bonds is 5. The van der Waals surface area contributed by atoms with Crippen LogP contribution >= 0.6 is 11.8 Å². The monoisotopic (exact) mass is 200 g/mol. The van der Waals surface area contributed by atoms with E-state index >= 15 is 0 Å². The van der Waals surface area contributed by atoms with Gasteiger partial charge in [-0.3, -0.25) is 4.79 Å². The third kappa shape index (κ3) is 3.55. The maximum Gasteiger partial charge on any atom is 0.319 e. The Balaban J connectivity index is 2.07.